The third-order valence-corrected chi connectivity index (χ3v) is 2.10. The van der Waals surface area contributed by atoms with Crippen LogP contribution in [0.15, 0.2) is 30.3 Å². The minimum atomic E-state index is -0.846. The van der Waals surface area contributed by atoms with Crippen LogP contribution in [0.3, 0.4) is 0 Å². The van der Waals surface area contributed by atoms with Gasteiger partial charge < -0.3 is 9.84 Å². The quantitative estimate of drug-likeness (QED) is 0.807. The van der Waals surface area contributed by atoms with E-state index in [0.29, 0.717) is 0 Å². The zero-order valence-electron chi connectivity index (χ0n) is 9.01. The molecular weight excluding hydrogens is 192 g/mol. The Balaban J connectivity index is 2.71. The average molecular weight is 208 g/mol. The van der Waals surface area contributed by atoms with E-state index in [4.69, 9.17) is 9.84 Å². The second-order valence-electron chi connectivity index (χ2n) is 3.68. The molecular formula is C12H16O3. The topological polar surface area (TPSA) is 46.5 Å². The Morgan fingerprint density at radius 1 is 1.33 bits per heavy atom. The van der Waals surface area contributed by atoms with Crippen LogP contribution in [0.4, 0.5) is 0 Å². The van der Waals surface area contributed by atoms with Crippen molar-refractivity contribution in [2.45, 2.75) is 25.9 Å². The predicted octanol–water partition coefficient (Wildman–Crippen LogP) is 2.28. The van der Waals surface area contributed by atoms with Gasteiger partial charge in [-0.2, -0.15) is 0 Å². The van der Waals surface area contributed by atoms with Crippen LogP contribution >= 0.6 is 0 Å². The number of carboxylic acids is 1. The van der Waals surface area contributed by atoms with E-state index >= 15 is 0 Å². The summed E-state index contributed by atoms with van der Waals surface area (Å²) in [5, 5.41) is 9.06. The fourth-order valence-corrected chi connectivity index (χ4v) is 1.28. The van der Waals surface area contributed by atoms with Crippen molar-refractivity contribution in [3.8, 4) is 0 Å². The number of hydrogen-bond acceptors (Lipinski definition) is 2. The molecule has 0 aliphatic heterocycles. The van der Waals surface area contributed by atoms with Crippen LogP contribution in [0.1, 0.15) is 25.3 Å². The van der Waals surface area contributed by atoms with Crippen molar-refractivity contribution in [3.05, 3.63) is 35.9 Å². The molecule has 3 heteroatoms. The zero-order valence-corrected chi connectivity index (χ0v) is 9.01. The van der Waals surface area contributed by atoms with Crippen molar-refractivity contribution in [1.29, 1.82) is 0 Å². The van der Waals surface area contributed by atoms with Crippen molar-refractivity contribution in [2.24, 2.45) is 0 Å². The van der Waals surface area contributed by atoms with Crippen molar-refractivity contribution >= 4 is 5.97 Å². The van der Waals surface area contributed by atoms with Gasteiger partial charge in [-0.3, -0.25) is 4.79 Å². The zero-order chi connectivity index (χ0) is 11.3. The number of hydrogen-bond donors (Lipinski definition) is 1. The summed E-state index contributed by atoms with van der Waals surface area (Å²) in [6.07, 6.45) is 0.0514. The number of ether oxygens (including phenoxy) is 1. The fourth-order valence-electron chi connectivity index (χ4n) is 1.28. The Kier molecular flexibility index (Phi) is 4.31. The molecule has 1 aromatic carbocycles. The van der Waals surface area contributed by atoms with Gasteiger partial charge in [-0.15, -0.1) is 0 Å². The van der Waals surface area contributed by atoms with Crippen LogP contribution < -0.4 is 0 Å². The van der Waals surface area contributed by atoms with Crippen LogP contribution in [0.5, 0.6) is 0 Å². The molecule has 1 N–H and O–H groups in total. The maximum absolute atomic E-state index is 11.0. The molecule has 0 bridgehead atoms. The van der Waals surface area contributed by atoms with Gasteiger partial charge in [0.25, 0.3) is 0 Å². The van der Waals surface area contributed by atoms with Gasteiger partial charge >= 0.3 is 5.97 Å². The maximum atomic E-state index is 11.0. The van der Waals surface area contributed by atoms with E-state index in [9.17, 15) is 4.79 Å². The third-order valence-electron chi connectivity index (χ3n) is 2.10. The first-order valence-electron chi connectivity index (χ1n) is 5.00. The molecule has 0 saturated carbocycles. The fraction of sp³-hybridized carbons (Fsp3) is 0.417. The summed E-state index contributed by atoms with van der Waals surface area (Å²) in [6, 6.07) is 9.15. The lowest BCUT2D eigenvalue weighted by Crippen LogP contribution is -2.19. The Hall–Kier alpha value is -1.35. The van der Waals surface area contributed by atoms with Gasteiger partial charge in [-0.1, -0.05) is 30.3 Å². The van der Waals surface area contributed by atoms with Crippen LogP contribution in [0.2, 0.25) is 0 Å². The van der Waals surface area contributed by atoms with Crippen LogP contribution in [-0.2, 0) is 9.53 Å². The summed E-state index contributed by atoms with van der Waals surface area (Å²) in [5.74, 6) is -1.42. The Morgan fingerprint density at radius 2 is 1.93 bits per heavy atom. The molecule has 0 saturated heterocycles. The van der Waals surface area contributed by atoms with Crippen molar-refractivity contribution in [2.75, 3.05) is 6.61 Å². The van der Waals surface area contributed by atoms with Crippen LogP contribution in [0, 0.1) is 0 Å². The molecule has 0 aliphatic rings. The second-order valence-corrected chi connectivity index (χ2v) is 3.68. The highest BCUT2D eigenvalue weighted by Crippen LogP contribution is 2.16. The van der Waals surface area contributed by atoms with Crippen LogP contribution in [-0.4, -0.2) is 23.8 Å². The Bertz CT molecular complexity index is 306. The molecule has 1 unspecified atom stereocenters. The molecule has 15 heavy (non-hydrogen) atoms. The average Bonchev–Trinajstić information content (AvgIpc) is 2.18. The lowest BCUT2D eigenvalue weighted by atomic mass is 10.0. The molecule has 3 nitrogen and oxygen atoms in total. The van der Waals surface area contributed by atoms with Gasteiger partial charge in [-0.05, 0) is 19.4 Å². The molecule has 82 valence electrons. The second kappa shape index (κ2) is 5.51. The van der Waals surface area contributed by atoms with Gasteiger partial charge in [0.15, 0.2) is 0 Å². The highest BCUT2D eigenvalue weighted by molar-refractivity contribution is 5.76. The smallest absolute Gasteiger partial charge is 0.313 e. The SMILES string of the molecule is CC(C)OCC(C(=O)O)c1ccccc1. The standard InChI is InChI=1S/C12H16O3/c1-9(2)15-8-11(12(13)14)10-6-4-3-5-7-10/h3-7,9,11H,8H2,1-2H3,(H,13,14). The Labute approximate surface area is 89.7 Å². The van der Waals surface area contributed by atoms with Crippen molar-refractivity contribution < 1.29 is 14.6 Å². The lowest BCUT2D eigenvalue weighted by molar-refractivity contribution is -0.140. The molecule has 0 aromatic heterocycles. The van der Waals surface area contributed by atoms with E-state index in [2.05, 4.69) is 0 Å². The largest absolute Gasteiger partial charge is 0.481 e. The van der Waals surface area contributed by atoms with E-state index < -0.39 is 11.9 Å². The lowest BCUT2D eigenvalue weighted by Gasteiger charge is -2.14. The highest BCUT2D eigenvalue weighted by Gasteiger charge is 2.19. The Morgan fingerprint density at radius 3 is 2.40 bits per heavy atom. The normalized spacial score (nSPS) is 12.7. The summed E-state index contributed by atoms with van der Waals surface area (Å²) in [6.45, 7) is 4.00. The summed E-state index contributed by atoms with van der Waals surface area (Å²) in [7, 11) is 0. The van der Waals surface area contributed by atoms with Crippen molar-refractivity contribution in [3.63, 3.8) is 0 Å². The molecule has 0 fully saturated rings. The number of carbonyl (C=O) groups is 1. The van der Waals surface area contributed by atoms with E-state index in [0.717, 1.165) is 5.56 Å². The van der Waals surface area contributed by atoms with Gasteiger partial charge in [0, 0.05) is 0 Å². The molecule has 0 spiro atoms. The molecule has 1 aromatic rings. The van der Waals surface area contributed by atoms with Gasteiger partial charge in [0.1, 0.15) is 5.92 Å². The molecule has 0 radical (unpaired) electrons. The van der Waals surface area contributed by atoms with E-state index in [1.54, 1.807) is 0 Å². The molecule has 0 amide bonds. The summed E-state index contributed by atoms with van der Waals surface area (Å²) in [5.41, 5.74) is 0.783. The van der Waals surface area contributed by atoms with E-state index in [1.807, 2.05) is 44.2 Å². The molecule has 1 rings (SSSR count). The first-order valence-corrected chi connectivity index (χ1v) is 5.00. The van der Waals surface area contributed by atoms with E-state index in [1.165, 1.54) is 0 Å². The molecule has 0 heterocycles. The highest BCUT2D eigenvalue weighted by atomic mass is 16.5. The van der Waals surface area contributed by atoms with Crippen molar-refractivity contribution in [1.82, 2.24) is 0 Å². The summed E-state index contributed by atoms with van der Waals surface area (Å²) < 4.78 is 5.34. The third kappa shape index (κ3) is 3.72. The summed E-state index contributed by atoms with van der Waals surface area (Å²) >= 11 is 0. The predicted molar refractivity (Wildman–Crippen MR) is 57.9 cm³/mol. The minimum Gasteiger partial charge on any atom is -0.481 e. The van der Waals surface area contributed by atoms with E-state index in [-0.39, 0.29) is 12.7 Å². The van der Waals surface area contributed by atoms with Gasteiger partial charge in [-0.25, -0.2) is 0 Å². The number of aliphatic carboxylic acids is 1. The monoisotopic (exact) mass is 208 g/mol. The molecule has 1 atom stereocenters. The minimum absolute atomic E-state index is 0.0514. The number of rotatable bonds is 5. The number of carboxylic acid groups (broad SMARTS) is 1. The van der Waals surface area contributed by atoms with Gasteiger partial charge in [0.2, 0.25) is 0 Å². The first-order chi connectivity index (χ1) is 7.11. The maximum Gasteiger partial charge on any atom is 0.313 e. The van der Waals surface area contributed by atoms with Crippen LogP contribution in [0.25, 0.3) is 0 Å². The molecule has 0 aliphatic carbocycles. The van der Waals surface area contributed by atoms with Gasteiger partial charge in [0.05, 0.1) is 12.7 Å². The first kappa shape index (κ1) is 11.7. The number of benzene rings is 1. The summed E-state index contributed by atoms with van der Waals surface area (Å²) in [4.78, 5) is 11.0.